The number of aromatic nitrogens is 3. The molecule has 0 aliphatic carbocycles. The first-order valence-electron chi connectivity index (χ1n) is 24.9. The highest BCUT2D eigenvalue weighted by Crippen LogP contribution is 2.43. The highest BCUT2D eigenvalue weighted by molar-refractivity contribution is 6.12. The fourth-order valence-electron chi connectivity index (χ4n) is 9.96. The molecule has 0 saturated carbocycles. The van der Waals surface area contributed by atoms with Crippen LogP contribution in [0.3, 0.4) is 0 Å². The smallest absolute Gasteiger partial charge is 0.160 e. The monoisotopic (exact) mass is 983 g/mol. The van der Waals surface area contributed by atoms with Crippen LogP contribution in [0.5, 0.6) is 0 Å². The van der Waals surface area contributed by atoms with E-state index in [2.05, 4.69) is 172 Å². The standard InChI is InChI=1S/C68H41N9/c69-42-46-17-27-57(28-18-46)76(58-29-19-47(43-70)20-30-58)61-34-36-67-63(40-61)62-39-60(75(55-13-3-1-4-14-55)56-15-5-2-6-16-56)33-35-66(62)77(67)59-31-25-51(26-32-59)50-21-23-52(24-22-50)64-41-65(53-11-7-9-48(37-53)44-71)74-68(73-64)54-12-8-10-49(38-54)45-72/h1-41H. The maximum Gasteiger partial charge on any atom is 0.160 e. The van der Waals surface area contributed by atoms with Crippen molar-refractivity contribution in [3.63, 3.8) is 0 Å². The summed E-state index contributed by atoms with van der Waals surface area (Å²) in [5.41, 5.74) is 16.8. The Kier molecular flexibility index (Phi) is 12.3. The molecule has 0 atom stereocenters. The maximum atomic E-state index is 9.69. The summed E-state index contributed by atoms with van der Waals surface area (Å²) in [6, 6.07) is 91.6. The summed E-state index contributed by atoms with van der Waals surface area (Å²) >= 11 is 0. The van der Waals surface area contributed by atoms with Crippen LogP contribution in [0.1, 0.15) is 22.3 Å². The molecule has 0 spiro atoms. The Morgan fingerprint density at radius 2 is 0.701 bits per heavy atom. The van der Waals surface area contributed by atoms with Crippen molar-refractivity contribution in [3.05, 3.63) is 271 Å². The topological polar surface area (TPSA) is 132 Å². The molecule has 9 nitrogen and oxygen atoms in total. The van der Waals surface area contributed by atoms with Gasteiger partial charge in [0.1, 0.15) is 0 Å². The number of fused-ring (bicyclic) bond motifs is 3. The van der Waals surface area contributed by atoms with Gasteiger partial charge in [-0.05, 0) is 163 Å². The summed E-state index contributed by atoms with van der Waals surface area (Å²) in [4.78, 5) is 14.3. The summed E-state index contributed by atoms with van der Waals surface area (Å²) in [6.07, 6.45) is 0. The van der Waals surface area contributed by atoms with E-state index in [0.29, 0.717) is 39.5 Å². The van der Waals surface area contributed by atoms with E-state index in [1.807, 2.05) is 97.1 Å². The van der Waals surface area contributed by atoms with Gasteiger partial charge in [-0.1, -0.05) is 97.1 Å². The van der Waals surface area contributed by atoms with Crippen molar-refractivity contribution in [2.45, 2.75) is 0 Å². The lowest BCUT2D eigenvalue weighted by atomic mass is 10.0. The molecule has 0 radical (unpaired) electrons. The molecule has 10 aromatic carbocycles. The van der Waals surface area contributed by atoms with E-state index in [1.165, 1.54) is 0 Å². The van der Waals surface area contributed by atoms with Crippen LogP contribution in [0.25, 0.3) is 72.5 Å². The number of nitrogens with zero attached hydrogens (tertiary/aromatic N) is 9. The van der Waals surface area contributed by atoms with Gasteiger partial charge in [-0.3, -0.25) is 0 Å². The zero-order valence-corrected chi connectivity index (χ0v) is 41.2. The van der Waals surface area contributed by atoms with Gasteiger partial charge in [0.2, 0.25) is 0 Å². The Bertz CT molecular complexity index is 4180. The number of nitriles is 4. The lowest BCUT2D eigenvalue weighted by Crippen LogP contribution is -2.10. The number of para-hydroxylation sites is 2. The first kappa shape index (κ1) is 46.7. The molecular formula is C68H41N9. The van der Waals surface area contributed by atoms with Gasteiger partial charge in [-0.15, -0.1) is 0 Å². The predicted octanol–water partition coefficient (Wildman–Crippen LogP) is 16.7. The minimum Gasteiger partial charge on any atom is -0.310 e. The third-order valence-electron chi connectivity index (χ3n) is 13.7. The van der Waals surface area contributed by atoms with E-state index in [0.717, 1.165) is 89.4 Å². The van der Waals surface area contributed by atoms with E-state index in [9.17, 15) is 21.0 Å². The second-order valence-electron chi connectivity index (χ2n) is 18.4. The molecule has 77 heavy (non-hydrogen) atoms. The molecule has 0 fully saturated rings. The van der Waals surface area contributed by atoms with Crippen LogP contribution in [-0.2, 0) is 0 Å². The fraction of sp³-hybridized carbons (Fsp3) is 0. The summed E-state index contributed by atoms with van der Waals surface area (Å²) in [6.45, 7) is 0. The average Bonchev–Trinajstić information content (AvgIpc) is 3.90. The highest BCUT2D eigenvalue weighted by atomic mass is 15.1. The molecule has 358 valence electrons. The SMILES string of the molecule is N#Cc1ccc(N(c2ccc(C#N)cc2)c2ccc3c(c2)c2cc(N(c4ccccc4)c4ccccc4)ccc2n3-c2ccc(-c3ccc(-c4cc(-c5cccc(C#N)c5)nc(-c5cccc(C#N)c5)n4)cc3)cc2)cc1. The van der Waals surface area contributed by atoms with E-state index < -0.39 is 0 Å². The van der Waals surface area contributed by atoms with Gasteiger partial charge in [0, 0.05) is 67.3 Å². The molecule has 2 heterocycles. The molecule has 0 aliphatic heterocycles. The Balaban J connectivity index is 0.958. The molecule has 9 heteroatoms. The lowest BCUT2D eigenvalue weighted by molar-refractivity contribution is 1.18. The van der Waals surface area contributed by atoms with Gasteiger partial charge in [-0.2, -0.15) is 21.0 Å². The third kappa shape index (κ3) is 9.13. The Hall–Kier alpha value is -11.4. The number of rotatable bonds is 11. The van der Waals surface area contributed by atoms with Gasteiger partial charge >= 0.3 is 0 Å². The Morgan fingerprint density at radius 1 is 0.299 bits per heavy atom. The van der Waals surface area contributed by atoms with Crippen LogP contribution in [0, 0.1) is 45.3 Å². The van der Waals surface area contributed by atoms with Gasteiger partial charge in [0.15, 0.2) is 5.82 Å². The molecule has 0 aliphatic rings. The molecule has 2 aromatic heterocycles. The minimum absolute atomic E-state index is 0.480. The van der Waals surface area contributed by atoms with Crippen molar-refractivity contribution >= 4 is 55.9 Å². The van der Waals surface area contributed by atoms with Gasteiger partial charge in [-0.25, -0.2) is 9.97 Å². The Labute approximate surface area is 445 Å². The van der Waals surface area contributed by atoms with E-state index >= 15 is 0 Å². The summed E-state index contributed by atoms with van der Waals surface area (Å²) in [7, 11) is 0. The molecule has 12 aromatic rings. The maximum absolute atomic E-state index is 9.69. The van der Waals surface area contributed by atoms with Crippen molar-refractivity contribution in [3.8, 4) is 75.0 Å². The summed E-state index contributed by atoms with van der Waals surface area (Å²) < 4.78 is 2.32. The molecule has 0 unspecified atom stereocenters. The van der Waals surface area contributed by atoms with Crippen LogP contribution in [0.4, 0.5) is 34.1 Å². The first-order valence-corrected chi connectivity index (χ1v) is 24.9. The molecular weight excluding hydrogens is 943 g/mol. The van der Waals surface area contributed by atoms with Crippen LogP contribution >= 0.6 is 0 Å². The number of benzene rings is 10. The zero-order valence-electron chi connectivity index (χ0n) is 41.2. The van der Waals surface area contributed by atoms with Crippen LogP contribution in [-0.4, -0.2) is 14.5 Å². The van der Waals surface area contributed by atoms with E-state index in [4.69, 9.17) is 9.97 Å². The van der Waals surface area contributed by atoms with Crippen molar-refractivity contribution in [1.29, 1.82) is 21.0 Å². The third-order valence-corrected chi connectivity index (χ3v) is 13.7. The van der Waals surface area contributed by atoms with Crippen molar-refractivity contribution in [1.82, 2.24) is 14.5 Å². The van der Waals surface area contributed by atoms with Gasteiger partial charge in [0.05, 0.1) is 69.0 Å². The molecule has 0 N–H and O–H groups in total. The van der Waals surface area contributed by atoms with Crippen molar-refractivity contribution < 1.29 is 0 Å². The van der Waals surface area contributed by atoms with Crippen molar-refractivity contribution in [2.75, 3.05) is 9.80 Å². The normalized spacial score (nSPS) is 10.8. The fourth-order valence-corrected chi connectivity index (χ4v) is 9.96. The first-order chi connectivity index (χ1) is 37.9. The number of hydrogen-bond acceptors (Lipinski definition) is 8. The van der Waals surface area contributed by atoms with Crippen molar-refractivity contribution in [2.24, 2.45) is 0 Å². The second-order valence-corrected chi connectivity index (χ2v) is 18.4. The lowest BCUT2D eigenvalue weighted by Gasteiger charge is -2.26. The molecule has 0 amide bonds. The van der Waals surface area contributed by atoms with E-state index in [-0.39, 0.29) is 0 Å². The quantitative estimate of drug-likeness (QED) is 0.125. The largest absolute Gasteiger partial charge is 0.310 e. The van der Waals surface area contributed by atoms with E-state index in [1.54, 1.807) is 18.2 Å². The summed E-state index contributed by atoms with van der Waals surface area (Å²) in [5, 5.41) is 40.8. The van der Waals surface area contributed by atoms with Crippen LogP contribution in [0.2, 0.25) is 0 Å². The predicted molar refractivity (Wildman–Crippen MR) is 306 cm³/mol. The highest BCUT2D eigenvalue weighted by Gasteiger charge is 2.21. The van der Waals surface area contributed by atoms with Gasteiger partial charge < -0.3 is 14.4 Å². The molecule has 12 rings (SSSR count). The van der Waals surface area contributed by atoms with Crippen LogP contribution in [0.15, 0.2) is 249 Å². The minimum atomic E-state index is 0.480. The van der Waals surface area contributed by atoms with Gasteiger partial charge in [0.25, 0.3) is 0 Å². The van der Waals surface area contributed by atoms with Crippen LogP contribution < -0.4 is 9.80 Å². The Morgan fingerprint density at radius 3 is 1.18 bits per heavy atom. The molecule has 0 bridgehead atoms. The average molecular weight is 984 g/mol. The zero-order chi connectivity index (χ0) is 52.2. The summed E-state index contributed by atoms with van der Waals surface area (Å²) in [5.74, 6) is 0.480. The number of hydrogen-bond donors (Lipinski definition) is 0. The molecule has 0 saturated heterocycles. The second kappa shape index (κ2) is 20.3. The number of anilines is 6.